The number of anilines is 1. The molecule has 0 aliphatic carbocycles. The van der Waals surface area contributed by atoms with E-state index in [2.05, 4.69) is 32.4 Å². The molecule has 6 nitrogen and oxygen atoms in total. The third kappa shape index (κ3) is 4.24. The first-order valence-corrected chi connectivity index (χ1v) is 9.19. The van der Waals surface area contributed by atoms with Gasteiger partial charge in [0.25, 0.3) is 0 Å². The van der Waals surface area contributed by atoms with Crippen molar-refractivity contribution in [1.82, 2.24) is 15.0 Å². The van der Waals surface area contributed by atoms with Crippen LogP contribution in [0.25, 0.3) is 10.3 Å². The smallest absolute Gasteiger partial charge is 0.306 e. The van der Waals surface area contributed by atoms with Gasteiger partial charge in [-0.2, -0.15) is 0 Å². The molecule has 2 heterocycles. The zero-order valence-electron chi connectivity index (χ0n) is 14.3. The van der Waals surface area contributed by atoms with Crippen LogP contribution in [-0.2, 0) is 12.8 Å². The molecule has 3 N–H and O–H groups in total. The number of nitrogens with zero attached hydrogens (tertiary/aromatic N) is 2. The first kappa shape index (κ1) is 17.6. The molecule has 1 atom stereocenters. The summed E-state index contributed by atoms with van der Waals surface area (Å²) >= 11 is 1.09. The molecule has 2 aromatic heterocycles. The van der Waals surface area contributed by atoms with Gasteiger partial charge in [-0.3, -0.25) is 9.78 Å². The second kappa shape index (κ2) is 7.76. The van der Waals surface area contributed by atoms with Gasteiger partial charge in [0.1, 0.15) is 16.3 Å². The van der Waals surface area contributed by atoms with Crippen molar-refractivity contribution >= 4 is 27.5 Å². The number of nitrogens with one attached hydrogen (secondary N) is 2. The van der Waals surface area contributed by atoms with E-state index in [1.165, 1.54) is 5.56 Å². The van der Waals surface area contributed by atoms with Crippen molar-refractivity contribution in [3.8, 4) is 0 Å². The minimum Gasteiger partial charge on any atom is -0.394 e. The Kier molecular flexibility index (Phi) is 5.45. The van der Waals surface area contributed by atoms with Crippen molar-refractivity contribution in [2.75, 3.05) is 11.9 Å². The molecule has 0 saturated heterocycles. The number of aromatic amines is 1. The monoisotopic (exact) mass is 358 g/mol. The lowest BCUT2D eigenvalue weighted by Crippen LogP contribution is -2.30. The number of hydrogen-bond donors (Lipinski definition) is 3. The van der Waals surface area contributed by atoms with E-state index in [1.54, 1.807) is 0 Å². The summed E-state index contributed by atoms with van der Waals surface area (Å²) < 4.78 is 0.701. The number of rotatable bonds is 7. The number of aliphatic hydroxyl groups excluding tert-OH is 1. The third-order valence-electron chi connectivity index (χ3n) is 4.13. The summed E-state index contributed by atoms with van der Waals surface area (Å²) in [5.74, 6) is 1.52. The van der Waals surface area contributed by atoms with Gasteiger partial charge >= 0.3 is 4.87 Å². The first-order chi connectivity index (χ1) is 12.1. The van der Waals surface area contributed by atoms with Crippen LogP contribution in [0.4, 0.5) is 5.82 Å². The van der Waals surface area contributed by atoms with Crippen LogP contribution in [0.15, 0.2) is 35.1 Å². The molecule has 7 heteroatoms. The van der Waals surface area contributed by atoms with Crippen molar-refractivity contribution in [2.24, 2.45) is 5.92 Å². The predicted molar refractivity (Wildman–Crippen MR) is 101 cm³/mol. The Morgan fingerprint density at radius 2 is 1.96 bits per heavy atom. The summed E-state index contributed by atoms with van der Waals surface area (Å²) in [5, 5.41) is 12.9. The van der Waals surface area contributed by atoms with Gasteiger partial charge in [-0.1, -0.05) is 55.5 Å². The zero-order chi connectivity index (χ0) is 17.8. The maximum atomic E-state index is 11.7. The van der Waals surface area contributed by atoms with E-state index < -0.39 is 0 Å². The fourth-order valence-corrected chi connectivity index (χ4v) is 3.33. The van der Waals surface area contributed by atoms with Gasteiger partial charge < -0.3 is 10.4 Å². The Morgan fingerprint density at radius 3 is 2.64 bits per heavy atom. The molecule has 0 aliphatic rings. The number of benzene rings is 1. The predicted octanol–water partition coefficient (Wildman–Crippen LogP) is 2.59. The van der Waals surface area contributed by atoms with Crippen LogP contribution in [0.2, 0.25) is 0 Å². The van der Waals surface area contributed by atoms with Crippen molar-refractivity contribution < 1.29 is 5.11 Å². The van der Waals surface area contributed by atoms with Gasteiger partial charge in [0.05, 0.1) is 12.6 Å². The van der Waals surface area contributed by atoms with E-state index in [1.807, 2.05) is 32.0 Å². The SMILES string of the molecule is CC(C)[C@H](CO)Nc1nc(CCc2ccccc2)nc2[nH]c(=O)sc12. The number of thiazole rings is 1. The van der Waals surface area contributed by atoms with Crippen molar-refractivity contribution in [3.63, 3.8) is 0 Å². The fraction of sp³-hybridized carbons (Fsp3) is 0.389. The molecule has 0 saturated carbocycles. The van der Waals surface area contributed by atoms with E-state index in [-0.39, 0.29) is 23.4 Å². The topological polar surface area (TPSA) is 90.9 Å². The average molecular weight is 358 g/mol. The molecule has 132 valence electrons. The highest BCUT2D eigenvalue weighted by molar-refractivity contribution is 7.16. The van der Waals surface area contributed by atoms with E-state index in [4.69, 9.17) is 0 Å². The highest BCUT2D eigenvalue weighted by atomic mass is 32.1. The van der Waals surface area contributed by atoms with E-state index in [9.17, 15) is 9.90 Å². The molecular formula is C18H22N4O2S. The van der Waals surface area contributed by atoms with Gasteiger partial charge in [0, 0.05) is 6.42 Å². The maximum absolute atomic E-state index is 11.7. The molecule has 1 aromatic carbocycles. The maximum Gasteiger partial charge on any atom is 0.306 e. The second-order valence-corrected chi connectivity index (χ2v) is 7.33. The van der Waals surface area contributed by atoms with Crippen LogP contribution < -0.4 is 10.2 Å². The number of aliphatic hydroxyl groups is 1. The summed E-state index contributed by atoms with van der Waals surface area (Å²) in [7, 11) is 0. The zero-order valence-corrected chi connectivity index (χ0v) is 15.1. The first-order valence-electron chi connectivity index (χ1n) is 8.38. The lowest BCUT2D eigenvalue weighted by atomic mass is 10.1. The Hall–Kier alpha value is -2.25. The molecule has 0 bridgehead atoms. The van der Waals surface area contributed by atoms with Crippen molar-refractivity contribution in [2.45, 2.75) is 32.7 Å². The van der Waals surface area contributed by atoms with Crippen molar-refractivity contribution in [1.29, 1.82) is 0 Å². The van der Waals surface area contributed by atoms with Crippen LogP contribution in [0.1, 0.15) is 25.2 Å². The molecule has 0 amide bonds. The van der Waals surface area contributed by atoms with Gasteiger partial charge in [0.15, 0.2) is 5.65 Å². The quantitative estimate of drug-likeness (QED) is 0.604. The number of aryl methyl sites for hydroxylation is 2. The second-order valence-electron chi connectivity index (χ2n) is 6.34. The molecule has 25 heavy (non-hydrogen) atoms. The lowest BCUT2D eigenvalue weighted by Gasteiger charge is -2.21. The van der Waals surface area contributed by atoms with Crippen LogP contribution in [0, 0.1) is 5.92 Å². The van der Waals surface area contributed by atoms with Crippen molar-refractivity contribution in [3.05, 3.63) is 51.4 Å². The van der Waals surface area contributed by atoms with Gasteiger partial charge in [-0.05, 0) is 17.9 Å². The number of fused-ring (bicyclic) bond motifs is 1. The molecular weight excluding hydrogens is 336 g/mol. The standard InChI is InChI=1S/C18H22N4O2S/c1-11(2)13(10-23)19-16-15-17(22-18(24)25-15)21-14(20-16)9-8-12-6-4-3-5-7-12/h3-7,11,13,23H,8-10H2,1-2H3,(H2,19,20,21,22,24)/t13-/m0/s1. The molecule has 3 aromatic rings. The summed E-state index contributed by atoms with van der Waals surface area (Å²) in [6.07, 6.45) is 1.51. The minimum absolute atomic E-state index is 0.00182. The normalized spacial score (nSPS) is 12.6. The minimum atomic E-state index is -0.155. The largest absolute Gasteiger partial charge is 0.394 e. The Bertz CT molecular complexity index is 889. The van der Waals surface area contributed by atoms with Gasteiger partial charge in [0.2, 0.25) is 0 Å². The fourth-order valence-electron chi connectivity index (χ4n) is 2.60. The lowest BCUT2D eigenvalue weighted by molar-refractivity contribution is 0.249. The molecule has 0 radical (unpaired) electrons. The highest BCUT2D eigenvalue weighted by Crippen LogP contribution is 2.23. The Morgan fingerprint density at radius 1 is 1.20 bits per heavy atom. The summed E-state index contributed by atoms with van der Waals surface area (Å²) in [6.45, 7) is 4.06. The third-order valence-corrected chi connectivity index (χ3v) is 5.01. The van der Waals surface area contributed by atoms with Crippen LogP contribution in [0.3, 0.4) is 0 Å². The average Bonchev–Trinajstić information content (AvgIpc) is 2.98. The van der Waals surface area contributed by atoms with E-state index in [0.717, 1.165) is 17.8 Å². The van der Waals surface area contributed by atoms with Gasteiger partial charge in [-0.25, -0.2) is 9.97 Å². The van der Waals surface area contributed by atoms with Crippen LogP contribution in [0.5, 0.6) is 0 Å². The Labute approximate surface area is 150 Å². The van der Waals surface area contributed by atoms with E-state index in [0.29, 0.717) is 28.4 Å². The van der Waals surface area contributed by atoms with Crippen LogP contribution in [-0.4, -0.2) is 32.7 Å². The molecule has 0 spiro atoms. The summed E-state index contributed by atoms with van der Waals surface area (Å²) in [6, 6.07) is 10.0. The number of hydrogen-bond acceptors (Lipinski definition) is 6. The number of H-pyrrole nitrogens is 1. The molecule has 0 fully saturated rings. The number of aromatic nitrogens is 3. The van der Waals surface area contributed by atoms with Crippen LogP contribution >= 0.6 is 11.3 Å². The molecule has 3 rings (SSSR count). The molecule has 0 aliphatic heterocycles. The van der Waals surface area contributed by atoms with Gasteiger partial charge in [-0.15, -0.1) is 0 Å². The highest BCUT2D eigenvalue weighted by Gasteiger charge is 2.17. The Balaban J connectivity index is 1.90. The summed E-state index contributed by atoms with van der Waals surface area (Å²) in [4.78, 5) is 23.5. The molecule has 0 unspecified atom stereocenters. The summed E-state index contributed by atoms with van der Waals surface area (Å²) in [5.41, 5.74) is 1.77. The van der Waals surface area contributed by atoms with E-state index >= 15 is 0 Å².